The second-order valence-electron chi connectivity index (χ2n) is 4.89. The number of carboxylic acids is 1. The van der Waals surface area contributed by atoms with E-state index in [1.54, 1.807) is 17.2 Å². The Hall–Kier alpha value is -1.50. The SMILES string of the molecule is NN1ON2C=C2CN1Cc1ccc(/C=C/CC(=O)O)cc1.[W]. The third-order valence-corrected chi connectivity index (χ3v) is 3.22. The van der Waals surface area contributed by atoms with Crippen molar-refractivity contribution >= 4 is 12.0 Å². The molecule has 2 aliphatic heterocycles. The normalized spacial score (nSPS) is 17.9. The number of nitrogens with two attached hydrogens (primary N) is 1. The van der Waals surface area contributed by atoms with E-state index in [9.17, 15) is 4.79 Å². The van der Waals surface area contributed by atoms with Gasteiger partial charge in [0.1, 0.15) is 0 Å². The molecule has 3 N–H and O–H groups in total. The van der Waals surface area contributed by atoms with Crippen LogP contribution >= 0.6 is 0 Å². The van der Waals surface area contributed by atoms with Crippen molar-refractivity contribution in [2.24, 2.45) is 5.84 Å². The summed E-state index contributed by atoms with van der Waals surface area (Å²) in [6.45, 7) is 1.36. The Balaban J connectivity index is 0.00000176. The number of hydrazine groups is 2. The molecule has 1 aromatic rings. The molecule has 0 spiro atoms. The number of rotatable bonds is 5. The van der Waals surface area contributed by atoms with Crippen molar-refractivity contribution in [2.75, 3.05) is 6.54 Å². The third kappa shape index (κ3) is 4.25. The fourth-order valence-corrected chi connectivity index (χ4v) is 2.06. The van der Waals surface area contributed by atoms with Crippen molar-refractivity contribution in [3.63, 3.8) is 0 Å². The van der Waals surface area contributed by atoms with Crippen molar-refractivity contribution in [2.45, 2.75) is 13.0 Å². The molecule has 0 aromatic heterocycles. The topological polar surface area (TPSA) is 82.0 Å². The van der Waals surface area contributed by atoms with Gasteiger partial charge in [0, 0.05) is 27.6 Å². The van der Waals surface area contributed by atoms with Crippen LogP contribution < -0.4 is 5.84 Å². The van der Waals surface area contributed by atoms with Crippen LogP contribution in [0, 0.1) is 0 Å². The fraction of sp³-hybridized carbons (Fsp3) is 0.214. The van der Waals surface area contributed by atoms with Crippen molar-refractivity contribution in [3.8, 4) is 0 Å². The number of benzene rings is 1. The molecule has 7 nitrogen and oxygen atoms in total. The average Bonchev–Trinajstić information content (AvgIpc) is 3.18. The molecule has 0 bridgehead atoms. The van der Waals surface area contributed by atoms with E-state index in [1.165, 1.54) is 5.28 Å². The molecule has 0 aliphatic carbocycles. The largest absolute Gasteiger partial charge is 0.481 e. The van der Waals surface area contributed by atoms with Crippen molar-refractivity contribution in [1.29, 1.82) is 0 Å². The molecule has 1 saturated heterocycles. The van der Waals surface area contributed by atoms with Gasteiger partial charge >= 0.3 is 5.97 Å². The van der Waals surface area contributed by atoms with Crippen molar-refractivity contribution in [3.05, 3.63) is 53.4 Å². The van der Waals surface area contributed by atoms with Gasteiger partial charge in [-0.2, -0.15) is 5.01 Å². The standard InChI is InChI=1S/C14H16N4O3.W/c15-18-16(9-13-10-17(13)21-18)8-12-6-4-11(5-7-12)2-1-3-14(19)20;/h1-2,4-7,10H,3,8-9,15H2,(H,19,20);/b2-1+;. The molecule has 2 aliphatic rings. The van der Waals surface area contributed by atoms with Crippen LogP contribution in [0.25, 0.3) is 6.08 Å². The predicted octanol–water partition coefficient (Wildman–Crippen LogP) is 1.08. The molecular formula is C14H16N4O3W. The van der Waals surface area contributed by atoms with Gasteiger partial charge in [-0.15, -0.1) is 4.94 Å². The van der Waals surface area contributed by atoms with Gasteiger partial charge in [0.05, 0.1) is 24.9 Å². The number of hydrogen-bond donors (Lipinski definition) is 2. The second kappa shape index (κ2) is 7.17. The Kier molecular flexibility index (Phi) is 5.50. The zero-order valence-electron chi connectivity index (χ0n) is 11.8. The quantitative estimate of drug-likeness (QED) is 0.622. The van der Waals surface area contributed by atoms with Crippen LogP contribution in [0.15, 0.2) is 42.2 Å². The molecule has 0 amide bonds. The first kappa shape index (κ1) is 16.9. The summed E-state index contributed by atoms with van der Waals surface area (Å²) in [6.07, 6.45) is 5.34. The van der Waals surface area contributed by atoms with E-state index in [-0.39, 0.29) is 27.5 Å². The number of carboxylic acid groups (broad SMARTS) is 1. The fourth-order valence-electron chi connectivity index (χ4n) is 2.06. The Morgan fingerprint density at radius 1 is 1.36 bits per heavy atom. The van der Waals surface area contributed by atoms with E-state index in [0.717, 1.165) is 23.4 Å². The van der Waals surface area contributed by atoms with Gasteiger partial charge in [0.15, 0.2) is 0 Å². The number of carbonyl (C=O) groups is 1. The first-order chi connectivity index (χ1) is 10.1. The summed E-state index contributed by atoms with van der Waals surface area (Å²) in [6, 6.07) is 7.87. The number of aliphatic carboxylic acids is 1. The molecule has 0 unspecified atom stereocenters. The average molecular weight is 472 g/mol. The van der Waals surface area contributed by atoms with Crippen molar-refractivity contribution < 1.29 is 35.9 Å². The van der Waals surface area contributed by atoms with Crippen LogP contribution in [0.4, 0.5) is 0 Å². The molecule has 1 fully saturated rings. The van der Waals surface area contributed by atoms with Gasteiger partial charge < -0.3 is 5.11 Å². The summed E-state index contributed by atoms with van der Waals surface area (Å²) < 4.78 is 0. The minimum Gasteiger partial charge on any atom is -0.481 e. The van der Waals surface area contributed by atoms with Crippen LogP contribution in [0.5, 0.6) is 0 Å². The number of fused-ring (bicyclic) bond motifs is 1. The number of hydrogen-bond acceptors (Lipinski definition) is 6. The summed E-state index contributed by atoms with van der Waals surface area (Å²) in [7, 11) is 0. The maximum absolute atomic E-state index is 10.4. The molecule has 0 atom stereocenters. The van der Waals surface area contributed by atoms with Gasteiger partial charge in [-0.05, 0) is 16.4 Å². The summed E-state index contributed by atoms with van der Waals surface area (Å²) in [5, 5.41) is 13.3. The first-order valence-electron chi connectivity index (χ1n) is 6.57. The number of nitrogens with zero attached hydrogens (tertiary/aromatic N) is 3. The van der Waals surface area contributed by atoms with Crippen LogP contribution in [0.3, 0.4) is 0 Å². The molecule has 3 rings (SSSR count). The van der Waals surface area contributed by atoms with Gasteiger partial charge in [-0.3, -0.25) is 4.79 Å². The van der Waals surface area contributed by atoms with E-state index in [0.29, 0.717) is 6.54 Å². The van der Waals surface area contributed by atoms with Crippen LogP contribution in [0.2, 0.25) is 0 Å². The molecule has 116 valence electrons. The van der Waals surface area contributed by atoms with E-state index >= 15 is 0 Å². The summed E-state index contributed by atoms with van der Waals surface area (Å²) in [5.41, 5.74) is 3.17. The predicted molar refractivity (Wildman–Crippen MR) is 75.2 cm³/mol. The van der Waals surface area contributed by atoms with Crippen molar-refractivity contribution in [1.82, 2.24) is 15.4 Å². The van der Waals surface area contributed by atoms with Gasteiger partial charge in [0.2, 0.25) is 0 Å². The molecule has 0 radical (unpaired) electrons. The molecule has 8 heteroatoms. The Bertz CT molecular complexity index is 603. The van der Waals surface area contributed by atoms with Gasteiger partial charge in [-0.25, -0.2) is 10.9 Å². The van der Waals surface area contributed by atoms with E-state index in [4.69, 9.17) is 15.9 Å². The molecule has 2 heterocycles. The molecule has 22 heavy (non-hydrogen) atoms. The minimum absolute atomic E-state index is 0. The Morgan fingerprint density at radius 2 is 2.09 bits per heavy atom. The summed E-state index contributed by atoms with van der Waals surface area (Å²) in [4.78, 5) is 15.7. The maximum atomic E-state index is 10.4. The number of hydroxylamine groups is 2. The molecular weight excluding hydrogens is 456 g/mol. The first-order valence-corrected chi connectivity index (χ1v) is 6.57. The van der Waals surface area contributed by atoms with Crippen LogP contribution in [-0.4, -0.2) is 33.0 Å². The smallest absolute Gasteiger partial charge is 0.307 e. The third-order valence-electron chi connectivity index (χ3n) is 3.22. The summed E-state index contributed by atoms with van der Waals surface area (Å²) in [5.74, 6) is 4.93. The van der Waals surface area contributed by atoms with Gasteiger partial charge in [0.25, 0.3) is 0 Å². The maximum Gasteiger partial charge on any atom is 0.307 e. The van der Waals surface area contributed by atoms with Gasteiger partial charge in [-0.1, -0.05) is 36.4 Å². The second-order valence-corrected chi connectivity index (χ2v) is 4.89. The Morgan fingerprint density at radius 3 is 2.77 bits per heavy atom. The van der Waals surface area contributed by atoms with Crippen LogP contribution in [-0.2, 0) is 37.3 Å². The van der Waals surface area contributed by atoms with Crippen LogP contribution in [0.1, 0.15) is 17.5 Å². The monoisotopic (exact) mass is 472 g/mol. The van der Waals surface area contributed by atoms with E-state index in [1.807, 2.05) is 35.5 Å². The Labute approximate surface area is 142 Å². The zero-order chi connectivity index (χ0) is 14.8. The summed E-state index contributed by atoms with van der Waals surface area (Å²) >= 11 is 0. The minimum atomic E-state index is -0.834. The van der Waals surface area contributed by atoms with E-state index < -0.39 is 5.97 Å². The van der Waals surface area contributed by atoms with E-state index in [2.05, 4.69) is 0 Å². The molecule has 1 aromatic carbocycles. The molecule has 0 saturated carbocycles. The zero-order valence-corrected chi connectivity index (χ0v) is 14.7.